The van der Waals surface area contributed by atoms with E-state index in [1.807, 2.05) is 60.7 Å². The molecule has 1 fully saturated rings. The van der Waals surface area contributed by atoms with Gasteiger partial charge in [-0.2, -0.15) is 8.78 Å². The number of hydrogen-bond acceptors (Lipinski definition) is 17. The van der Waals surface area contributed by atoms with Crippen LogP contribution >= 0.6 is 7.60 Å². The SMILES string of the molecule is C/C(=C\C(=O)N[C@H]1CCc2cccc3c2N(C1=O)[C@H](C(=O)NC(CCC(N)=O)[C@@H](C)OCc1ccc(CCCOCCCCOCCCc2cccc4c2n(C)c(=O)n4C2CCC(=O)NC2=O)cc1)C3)c1ccc(C(F)(F)P(=O)(OCOC(=O)C(C)(C)C)OCOC(=O)C(C)(C)C)cc1. The Hall–Kier alpha value is -8.26. The van der Waals surface area contributed by atoms with Gasteiger partial charge >= 0.3 is 30.9 Å². The van der Waals surface area contributed by atoms with E-state index in [0.717, 1.165) is 77.6 Å². The van der Waals surface area contributed by atoms with E-state index < -0.39 is 115 Å². The Morgan fingerprint density at radius 3 is 1.97 bits per heavy atom. The van der Waals surface area contributed by atoms with Gasteiger partial charge in [0.05, 0.1) is 46.3 Å². The molecule has 0 saturated carbocycles. The number of alkyl halides is 2. The van der Waals surface area contributed by atoms with Gasteiger partial charge in [0, 0.05) is 64.4 Å². The fourth-order valence-electron chi connectivity index (χ4n) is 11.9. The van der Waals surface area contributed by atoms with Gasteiger partial charge in [-0.1, -0.05) is 78.9 Å². The summed E-state index contributed by atoms with van der Waals surface area (Å²) >= 11 is 0. The highest BCUT2D eigenvalue weighted by Gasteiger charge is 2.56. The van der Waals surface area contributed by atoms with E-state index >= 15 is 8.78 Å². The topological polar surface area (TPSA) is 311 Å². The Kier molecular flexibility index (Phi) is 26.1. The number of rotatable bonds is 34. The van der Waals surface area contributed by atoms with E-state index in [4.69, 9.17) is 38.5 Å². The third-order valence-corrected chi connectivity index (χ3v) is 19.4. The van der Waals surface area contributed by atoms with E-state index in [2.05, 4.69) is 16.0 Å². The number of primary amides is 1. The smallest absolute Gasteiger partial charge is 0.410 e. The number of nitrogens with one attached hydrogen (secondary N) is 3. The molecule has 6 amide bonds. The van der Waals surface area contributed by atoms with Crippen molar-refractivity contribution in [3.8, 4) is 0 Å². The minimum atomic E-state index is -5.60. The number of hydrogen-bond donors (Lipinski definition) is 4. The molecule has 5 N–H and O–H groups in total. The molecule has 0 aliphatic carbocycles. The van der Waals surface area contributed by atoms with Crippen molar-refractivity contribution in [2.75, 3.05) is 44.9 Å². The van der Waals surface area contributed by atoms with E-state index in [0.29, 0.717) is 61.6 Å². The summed E-state index contributed by atoms with van der Waals surface area (Å²) < 4.78 is 87.5. The summed E-state index contributed by atoms with van der Waals surface area (Å²) in [5, 5.41) is 8.20. The summed E-state index contributed by atoms with van der Waals surface area (Å²) in [6, 6.07) is 20.1. The van der Waals surface area contributed by atoms with Crippen LogP contribution in [-0.2, 0) is 121 Å². The van der Waals surface area contributed by atoms with Crippen LogP contribution < -0.4 is 32.3 Å². The predicted octanol–water partition coefficient (Wildman–Crippen LogP) is 9.21. The monoisotopic (exact) mass is 1400 g/mol. The molecule has 0 radical (unpaired) electrons. The van der Waals surface area contributed by atoms with E-state index in [9.17, 15) is 47.7 Å². The average Bonchev–Trinajstić information content (AvgIpc) is 1.64. The van der Waals surface area contributed by atoms with Crippen molar-refractivity contribution in [1.29, 1.82) is 0 Å². The highest BCUT2D eigenvalue weighted by Crippen LogP contribution is 2.67. The average molecular weight is 1400 g/mol. The standard InChI is InChI=1S/C72H92F2N7O17P/c1-45(49-26-29-53(30-27-49)72(73,74)99(91,97-43-95-67(88)70(3,4)5)98-44-96-68(89)71(6,7)8)40-61(84)76-55-31-28-51-17-12-19-52-41-58(81(62(51)52)66(55)87)65(86)77-54(32-34-59(75)82)46(2)94-42-48-24-22-47(23-25-48)16-14-38-92-36-10-11-37-93-39-15-20-50-18-13-21-56-63(50)79(9)69(90)80(56)57-33-35-60(83)78-64(57)85/h12-13,17-19,21-27,29-30,40,46,54-55,57-58H,10-11,14-16,20,28,31-39,41-44H2,1-9H3,(H2,75,82)(H,76,84)(H,77,86)(H,78,83,85)/b45-40+/t46-,54?,55+,57?,58+/m1/s1. The second-order valence-corrected chi connectivity index (χ2v) is 29.4. The van der Waals surface area contributed by atoms with Crippen LogP contribution in [0.3, 0.4) is 0 Å². The summed E-state index contributed by atoms with van der Waals surface area (Å²) in [6.07, 6.45) is 6.65. The minimum absolute atomic E-state index is 0.0521. The third kappa shape index (κ3) is 19.6. The zero-order valence-corrected chi connectivity index (χ0v) is 58.6. The summed E-state index contributed by atoms with van der Waals surface area (Å²) in [7, 11) is -3.91. The molecular weight excluding hydrogens is 1300 g/mol. The molecule has 536 valence electrons. The summed E-state index contributed by atoms with van der Waals surface area (Å²) in [5.41, 5.74) is 5.18. The van der Waals surface area contributed by atoms with Gasteiger partial charge in [-0.3, -0.25) is 71.3 Å². The molecule has 24 nitrogen and oxygen atoms in total. The van der Waals surface area contributed by atoms with Gasteiger partial charge in [-0.15, -0.1) is 0 Å². The Balaban J connectivity index is 0.782. The number of imidazole rings is 1. The van der Waals surface area contributed by atoms with Crippen LogP contribution in [0.1, 0.15) is 158 Å². The van der Waals surface area contributed by atoms with Gasteiger partial charge in [0.2, 0.25) is 49.0 Å². The molecule has 0 spiro atoms. The number of benzene rings is 4. The van der Waals surface area contributed by atoms with Crippen LogP contribution in [0.5, 0.6) is 0 Å². The number of carbonyl (C=O) groups is 8. The van der Waals surface area contributed by atoms with Crippen molar-refractivity contribution in [3.63, 3.8) is 0 Å². The zero-order valence-electron chi connectivity index (χ0n) is 57.8. The fraction of sp³-hybridized carbons (Fsp3) is 0.514. The van der Waals surface area contributed by atoms with Crippen LogP contribution in [0.2, 0.25) is 0 Å². The molecule has 99 heavy (non-hydrogen) atoms. The van der Waals surface area contributed by atoms with Crippen LogP contribution in [0.25, 0.3) is 16.6 Å². The number of allylic oxidation sites excluding steroid dienone is 1. The molecule has 27 heteroatoms. The number of piperidine rings is 1. The first-order chi connectivity index (χ1) is 46.9. The molecule has 2 unspecified atom stereocenters. The first-order valence-corrected chi connectivity index (χ1v) is 35.0. The maximum absolute atomic E-state index is 16.3. The number of aromatic nitrogens is 2. The molecule has 4 heterocycles. The molecule has 4 aromatic carbocycles. The number of aryl methyl sites for hydroxylation is 4. The maximum Gasteiger partial charge on any atom is 0.410 e. The number of fused-ring (bicyclic) bond motifs is 1. The van der Waals surface area contributed by atoms with Crippen molar-refractivity contribution in [2.45, 2.75) is 181 Å². The lowest BCUT2D eigenvalue weighted by Gasteiger charge is -2.31. The zero-order chi connectivity index (χ0) is 72.0. The molecule has 8 rings (SSSR count). The number of nitrogens with two attached hydrogens (primary N) is 1. The lowest BCUT2D eigenvalue weighted by Crippen LogP contribution is -2.56. The van der Waals surface area contributed by atoms with Crippen molar-refractivity contribution in [2.24, 2.45) is 23.6 Å². The van der Waals surface area contributed by atoms with E-state index in [1.54, 1.807) is 25.5 Å². The van der Waals surface area contributed by atoms with Gasteiger partial charge in [0.15, 0.2) is 0 Å². The molecule has 1 saturated heterocycles. The van der Waals surface area contributed by atoms with Crippen LogP contribution in [0.15, 0.2) is 95.8 Å². The van der Waals surface area contributed by atoms with Crippen molar-refractivity contribution in [1.82, 2.24) is 25.1 Å². The van der Waals surface area contributed by atoms with Crippen LogP contribution in [0.4, 0.5) is 14.5 Å². The highest BCUT2D eigenvalue weighted by molar-refractivity contribution is 7.54. The Labute approximate surface area is 574 Å². The molecule has 0 bridgehead atoms. The van der Waals surface area contributed by atoms with Gasteiger partial charge in [-0.25, -0.2) is 4.79 Å². The number of imide groups is 1. The van der Waals surface area contributed by atoms with Gasteiger partial charge < -0.3 is 40.1 Å². The van der Waals surface area contributed by atoms with Gasteiger partial charge in [-0.05, 0) is 165 Å². The molecule has 1 aromatic heterocycles. The summed E-state index contributed by atoms with van der Waals surface area (Å²) in [6.45, 7) is 12.6. The molecular formula is C72H92F2N7O17P. The van der Waals surface area contributed by atoms with E-state index in [1.165, 1.54) is 69.2 Å². The number of anilines is 1. The normalized spacial score (nSPS) is 17.4. The third-order valence-electron chi connectivity index (χ3n) is 17.6. The fourth-order valence-corrected chi connectivity index (χ4v) is 13.2. The first-order valence-electron chi connectivity index (χ1n) is 33.5. The number of unbranched alkanes of at least 4 members (excludes halogenated alkanes) is 1. The second kappa shape index (κ2) is 33.7. The first kappa shape index (κ1) is 76.5. The minimum Gasteiger partial charge on any atom is -0.438 e. The summed E-state index contributed by atoms with van der Waals surface area (Å²) in [4.78, 5) is 119. The number of ether oxygens (including phenoxy) is 5. The Bertz CT molecular complexity index is 3860. The molecule has 5 atom stereocenters. The molecule has 3 aliphatic heterocycles. The van der Waals surface area contributed by atoms with Crippen molar-refractivity contribution >= 4 is 77.3 Å². The van der Waals surface area contributed by atoms with Crippen LogP contribution in [0, 0.1) is 10.8 Å². The molecule has 3 aliphatic rings. The highest BCUT2D eigenvalue weighted by atomic mass is 31.2. The summed E-state index contributed by atoms with van der Waals surface area (Å²) in [5.74, 6) is -4.74. The lowest BCUT2D eigenvalue weighted by molar-refractivity contribution is -0.163. The number of para-hydroxylation sites is 2. The number of nitrogens with zero attached hydrogens (tertiary/aromatic N) is 3. The number of amides is 6. The number of esters is 2. The van der Waals surface area contributed by atoms with Crippen molar-refractivity contribution in [3.05, 3.63) is 140 Å². The van der Waals surface area contributed by atoms with Gasteiger partial charge in [0.1, 0.15) is 18.1 Å². The Morgan fingerprint density at radius 1 is 0.758 bits per heavy atom. The quantitative estimate of drug-likeness (QED) is 0.00744. The largest absolute Gasteiger partial charge is 0.438 e. The molecule has 5 aromatic rings. The number of halogens is 2. The predicted molar refractivity (Wildman–Crippen MR) is 363 cm³/mol. The Morgan fingerprint density at radius 2 is 1.35 bits per heavy atom. The van der Waals surface area contributed by atoms with Gasteiger partial charge in [0.25, 0.3) is 0 Å². The van der Waals surface area contributed by atoms with Crippen LogP contribution in [-0.4, -0.2) is 121 Å². The van der Waals surface area contributed by atoms with Crippen molar-refractivity contribution < 1.29 is 84.4 Å². The maximum atomic E-state index is 16.3. The van der Waals surface area contributed by atoms with E-state index in [-0.39, 0.29) is 56.7 Å². The second-order valence-electron chi connectivity index (χ2n) is 27.3. The lowest BCUT2D eigenvalue weighted by atomic mass is 9.98. The number of carbonyl (C=O) groups excluding carboxylic acids is 8.